The van der Waals surface area contributed by atoms with Gasteiger partial charge in [-0.15, -0.1) is 0 Å². The summed E-state index contributed by atoms with van der Waals surface area (Å²) in [5.74, 6) is 0. The Labute approximate surface area is 101 Å². The van der Waals surface area contributed by atoms with E-state index in [0.717, 1.165) is 15.2 Å². The second-order valence-corrected chi connectivity index (χ2v) is 4.13. The summed E-state index contributed by atoms with van der Waals surface area (Å²) < 4.78 is 7.06. The minimum atomic E-state index is -1.35. The quantitative estimate of drug-likeness (QED) is 0.526. The molecule has 18 heavy (non-hydrogen) atoms. The van der Waals surface area contributed by atoms with E-state index < -0.39 is 42.4 Å². The molecule has 0 amide bonds. The van der Waals surface area contributed by atoms with Crippen LogP contribution in [0.2, 0.25) is 0 Å². The molecule has 0 aromatic carbocycles. The Morgan fingerprint density at radius 2 is 2.00 bits per heavy atom. The Hall–Kier alpha value is -1.48. The molecule has 0 bridgehead atoms. The molecule has 2 rings (SSSR count). The molecule has 2 heterocycles. The van der Waals surface area contributed by atoms with Gasteiger partial charge in [-0.05, 0) is 0 Å². The molecular formula is C10H14N2O6. The van der Waals surface area contributed by atoms with E-state index in [2.05, 4.69) is 0 Å². The highest BCUT2D eigenvalue weighted by atomic mass is 16.6. The molecule has 1 aromatic heterocycles. The summed E-state index contributed by atoms with van der Waals surface area (Å²) in [4.78, 5) is 23.0. The molecule has 3 N–H and O–H groups in total. The van der Waals surface area contributed by atoms with E-state index in [1.807, 2.05) is 0 Å². The normalized spacial score (nSPS) is 31.8. The Balaban J connectivity index is 2.42. The first-order valence-electron chi connectivity index (χ1n) is 5.38. The summed E-state index contributed by atoms with van der Waals surface area (Å²) in [7, 11) is 1.29. The molecular weight excluding hydrogens is 244 g/mol. The van der Waals surface area contributed by atoms with Crippen molar-refractivity contribution in [1.82, 2.24) is 9.13 Å². The fraction of sp³-hybridized carbons (Fsp3) is 0.600. The number of aliphatic hydroxyl groups is 3. The van der Waals surface area contributed by atoms with Gasteiger partial charge in [-0.1, -0.05) is 0 Å². The van der Waals surface area contributed by atoms with E-state index in [9.17, 15) is 19.8 Å². The monoisotopic (exact) mass is 258 g/mol. The molecule has 0 spiro atoms. The van der Waals surface area contributed by atoms with Crippen LogP contribution in [-0.2, 0) is 11.8 Å². The fourth-order valence-electron chi connectivity index (χ4n) is 1.89. The van der Waals surface area contributed by atoms with E-state index in [0.29, 0.717) is 0 Å². The molecule has 1 fully saturated rings. The van der Waals surface area contributed by atoms with Crippen molar-refractivity contribution in [2.45, 2.75) is 24.5 Å². The zero-order chi connectivity index (χ0) is 13.4. The van der Waals surface area contributed by atoms with Crippen molar-refractivity contribution in [2.75, 3.05) is 6.61 Å². The number of aromatic nitrogens is 2. The molecule has 1 aromatic rings. The van der Waals surface area contributed by atoms with E-state index in [4.69, 9.17) is 9.84 Å². The third-order valence-electron chi connectivity index (χ3n) is 3.01. The highest BCUT2D eigenvalue weighted by Gasteiger charge is 2.43. The second-order valence-electron chi connectivity index (χ2n) is 4.13. The molecule has 1 aliphatic heterocycles. The molecule has 1 saturated heterocycles. The highest BCUT2D eigenvalue weighted by molar-refractivity contribution is 4.93. The van der Waals surface area contributed by atoms with Crippen LogP contribution < -0.4 is 11.2 Å². The molecule has 8 heteroatoms. The maximum atomic E-state index is 11.8. The van der Waals surface area contributed by atoms with Gasteiger partial charge in [0, 0.05) is 19.3 Å². The Morgan fingerprint density at radius 1 is 1.33 bits per heavy atom. The lowest BCUT2D eigenvalue weighted by molar-refractivity contribution is -0.0555. The first-order valence-corrected chi connectivity index (χ1v) is 5.38. The Bertz CT molecular complexity index is 550. The number of hydrogen-bond donors (Lipinski definition) is 3. The van der Waals surface area contributed by atoms with Crippen LogP contribution in [-0.4, -0.2) is 49.4 Å². The smallest absolute Gasteiger partial charge is 0.332 e. The first-order chi connectivity index (χ1) is 8.47. The van der Waals surface area contributed by atoms with E-state index >= 15 is 0 Å². The number of rotatable bonds is 2. The average Bonchev–Trinajstić information content (AvgIpc) is 2.64. The van der Waals surface area contributed by atoms with Crippen LogP contribution in [0.3, 0.4) is 0 Å². The lowest BCUT2D eigenvalue weighted by atomic mass is 10.1. The van der Waals surface area contributed by atoms with Crippen molar-refractivity contribution < 1.29 is 20.1 Å². The third kappa shape index (κ3) is 1.89. The van der Waals surface area contributed by atoms with Gasteiger partial charge in [0.05, 0.1) is 6.61 Å². The topological polar surface area (TPSA) is 114 Å². The maximum Gasteiger partial charge on any atom is 0.332 e. The molecule has 0 saturated carbocycles. The Kier molecular flexibility index (Phi) is 3.35. The third-order valence-corrected chi connectivity index (χ3v) is 3.01. The lowest BCUT2D eigenvalue weighted by Crippen LogP contribution is -2.41. The van der Waals surface area contributed by atoms with E-state index in [1.165, 1.54) is 13.2 Å². The molecule has 4 atom stereocenters. The van der Waals surface area contributed by atoms with Gasteiger partial charge >= 0.3 is 5.69 Å². The SMILES string of the molecule is Cn1c(=O)ccn([C@@H]2O[C@H](CO)C(O)C2O)c1=O. The minimum Gasteiger partial charge on any atom is -0.394 e. The van der Waals surface area contributed by atoms with Crippen molar-refractivity contribution in [3.8, 4) is 0 Å². The molecule has 2 unspecified atom stereocenters. The van der Waals surface area contributed by atoms with Crippen LogP contribution in [0.1, 0.15) is 6.23 Å². The summed E-state index contributed by atoms with van der Waals surface area (Å²) >= 11 is 0. The lowest BCUT2D eigenvalue weighted by Gasteiger charge is -2.17. The highest BCUT2D eigenvalue weighted by Crippen LogP contribution is 2.27. The molecule has 0 aliphatic carbocycles. The van der Waals surface area contributed by atoms with Gasteiger partial charge in [0.15, 0.2) is 6.23 Å². The van der Waals surface area contributed by atoms with Gasteiger partial charge in [-0.2, -0.15) is 0 Å². The largest absolute Gasteiger partial charge is 0.394 e. The van der Waals surface area contributed by atoms with Crippen molar-refractivity contribution >= 4 is 0 Å². The van der Waals surface area contributed by atoms with Crippen LogP contribution in [0.25, 0.3) is 0 Å². The number of aliphatic hydroxyl groups excluding tert-OH is 3. The first kappa shape index (κ1) is 13.0. The molecule has 8 nitrogen and oxygen atoms in total. The summed E-state index contributed by atoms with van der Waals surface area (Å²) in [5, 5.41) is 28.3. The van der Waals surface area contributed by atoms with Gasteiger partial charge in [0.25, 0.3) is 5.56 Å². The van der Waals surface area contributed by atoms with Gasteiger partial charge < -0.3 is 20.1 Å². The zero-order valence-corrected chi connectivity index (χ0v) is 9.63. The van der Waals surface area contributed by atoms with Gasteiger partial charge in [0.2, 0.25) is 0 Å². The van der Waals surface area contributed by atoms with Crippen molar-refractivity contribution in [1.29, 1.82) is 0 Å². The maximum absolute atomic E-state index is 11.8. The Morgan fingerprint density at radius 3 is 2.56 bits per heavy atom. The second kappa shape index (κ2) is 4.65. The number of hydrogen-bond acceptors (Lipinski definition) is 6. The number of ether oxygens (including phenoxy) is 1. The van der Waals surface area contributed by atoms with Gasteiger partial charge in [-0.25, -0.2) is 4.79 Å². The molecule has 100 valence electrons. The van der Waals surface area contributed by atoms with Crippen molar-refractivity contribution in [2.24, 2.45) is 7.05 Å². The van der Waals surface area contributed by atoms with Crippen LogP contribution in [0.5, 0.6) is 0 Å². The van der Waals surface area contributed by atoms with Crippen LogP contribution in [0.4, 0.5) is 0 Å². The van der Waals surface area contributed by atoms with E-state index in [-0.39, 0.29) is 0 Å². The van der Waals surface area contributed by atoms with Crippen LogP contribution >= 0.6 is 0 Å². The predicted molar refractivity (Wildman–Crippen MR) is 59.0 cm³/mol. The minimum absolute atomic E-state index is 0.477. The average molecular weight is 258 g/mol. The predicted octanol–water partition coefficient (Wildman–Crippen LogP) is -2.84. The zero-order valence-electron chi connectivity index (χ0n) is 9.63. The summed E-state index contributed by atoms with van der Waals surface area (Å²) in [6.07, 6.45) is -3.54. The van der Waals surface area contributed by atoms with Gasteiger partial charge in [0.1, 0.15) is 18.3 Å². The van der Waals surface area contributed by atoms with E-state index in [1.54, 1.807) is 0 Å². The molecule has 1 aliphatic rings. The summed E-state index contributed by atoms with van der Waals surface area (Å²) in [6, 6.07) is 1.15. The van der Waals surface area contributed by atoms with Crippen molar-refractivity contribution in [3.05, 3.63) is 33.1 Å². The number of nitrogens with zero attached hydrogens (tertiary/aromatic N) is 2. The van der Waals surface area contributed by atoms with Crippen LogP contribution in [0.15, 0.2) is 21.9 Å². The summed E-state index contributed by atoms with van der Waals surface area (Å²) in [6.45, 7) is -0.477. The van der Waals surface area contributed by atoms with Gasteiger partial charge in [-0.3, -0.25) is 13.9 Å². The molecule has 0 radical (unpaired) electrons. The summed E-state index contributed by atoms with van der Waals surface area (Å²) in [5.41, 5.74) is -1.15. The van der Waals surface area contributed by atoms with Crippen LogP contribution in [0, 0.1) is 0 Å². The van der Waals surface area contributed by atoms with Crippen molar-refractivity contribution in [3.63, 3.8) is 0 Å². The fourth-order valence-corrected chi connectivity index (χ4v) is 1.89. The standard InChI is InChI=1S/C10H14N2O6/c1-11-6(14)2-3-12(10(11)17)9-8(16)7(15)5(4-13)18-9/h2-3,5,7-9,13,15-16H,4H2,1H3/t5-,7?,8?,9-/m1/s1.